The van der Waals surface area contributed by atoms with E-state index >= 15 is 0 Å². The molecule has 0 aromatic heterocycles. The van der Waals surface area contributed by atoms with Gasteiger partial charge in [0.25, 0.3) is 0 Å². The molecule has 1 unspecified atom stereocenters. The number of methoxy groups -OCH3 is 1. The van der Waals surface area contributed by atoms with Crippen molar-refractivity contribution in [1.82, 2.24) is 5.32 Å². The van der Waals surface area contributed by atoms with Crippen LogP contribution in [-0.2, 0) is 23.3 Å². The van der Waals surface area contributed by atoms with Crippen molar-refractivity contribution in [2.24, 2.45) is 0 Å². The Kier molecular flexibility index (Phi) is 17.0. The Morgan fingerprint density at radius 1 is 1.17 bits per heavy atom. The van der Waals surface area contributed by atoms with E-state index < -0.39 is 26.2 Å². The zero-order chi connectivity index (χ0) is 19.0. The summed E-state index contributed by atoms with van der Waals surface area (Å²) in [5, 5.41) is 2.40. The Bertz CT molecular complexity index is 407. The van der Waals surface area contributed by atoms with Gasteiger partial charge in [0.15, 0.2) is 5.78 Å². The monoisotopic (exact) mass is 363 g/mol. The Morgan fingerprint density at radius 2 is 1.75 bits per heavy atom. The normalized spacial score (nSPS) is 12.4. The maximum absolute atomic E-state index is 11.8. The molecule has 7 nitrogen and oxygen atoms in total. The summed E-state index contributed by atoms with van der Waals surface area (Å²) in [7, 11) is 2.33. The van der Waals surface area contributed by atoms with E-state index in [4.69, 9.17) is 13.8 Å². The minimum absolute atomic E-state index is 0.137. The third-order valence-electron chi connectivity index (χ3n) is 2.62. The molecular weight excluding hydrogens is 333 g/mol. The minimum atomic E-state index is -1.65. The van der Waals surface area contributed by atoms with Gasteiger partial charge < -0.3 is 23.8 Å². The maximum atomic E-state index is 11.8. The molecule has 0 bridgehead atoms. The zero-order valence-electron chi connectivity index (χ0n) is 15.6. The average molecular weight is 363 g/mol. The van der Waals surface area contributed by atoms with Crippen molar-refractivity contribution in [3.8, 4) is 0 Å². The Labute approximate surface area is 146 Å². The molecule has 0 saturated carbocycles. The van der Waals surface area contributed by atoms with E-state index in [1.54, 1.807) is 0 Å². The predicted octanol–water partition coefficient (Wildman–Crippen LogP) is 3.76. The van der Waals surface area contributed by atoms with Crippen molar-refractivity contribution in [2.45, 2.75) is 39.9 Å². The highest BCUT2D eigenvalue weighted by Gasteiger charge is 2.32. The number of carbonyl (C=O) groups excluding carboxylic acids is 2. The number of carbonyl (C=O) groups is 2. The summed E-state index contributed by atoms with van der Waals surface area (Å²) in [5.41, 5.74) is 0.948. The van der Waals surface area contributed by atoms with Crippen LogP contribution in [0.1, 0.15) is 34.1 Å². The molecule has 24 heavy (non-hydrogen) atoms. The first-order valence-corrected chi connectivity index (χ1v) is 8.97. The lowest BCUT2D eigenvalue weighted by molar-refractivity contribution is -0.141. The molecule has 1 N–H and O–H groups in total. The van der Waals surface area contributed by atoms with E-state index in [2.05, 4.69) is 10.1 Å². The van der Waals surface area contributed by atoms with Gasteiger partial charge in [-0.2, -0.15) is 0 Å². The molecule has 0 spiro atoms. The fourth-order valence-electron chi connectivity index (χ4n) is 1.41. The highest BCUT2D eigenvalue weighted by molar-refractivity contribution is 7.49. The Hall–Kier alpha value is -1.43. The van der Waals surface area contributed by atoms with Crippen LogP contribution in [0.15, 0.2) is 23.8 Å². The van der Waals surface area contributed by atoms with Crippen LogP contribution in [0.5, 0.6) is 0 Å². The molecule has 1 atom stereocenters. The van der Waals surface area contributed by atoms with Crippen LogP contribution >= 0.6 is 8.38 Å². The molecule has 0 aliphatic carbocycles. The third-order valence-corrected chi connectivity index (χ3v) is 4.10. The van der Waals surface area contributed by atoms with Crippen LogP contribution in [0.25, 0.3) is 0 Å². The van der Waals surface area contributed by atoms with Gasteiger partial charge in [0.1, 0.15) is 6.61 Å². The molecule has 0 aliphatic rings. The molecule has 0 fully saturated rings. The van der Waals surface area contributed by atoms with E-state index in [1.165, 1.54) is 21.3 Å². The average Bonchev–Trinajstić information content (AvgIpc) is 2.63. The maximum Gasteiger partial charge on any atom is 0.408 e. The predicted molar refractivity (Wildman–Crippen MR) is 95.8 cm³/mol. The molecule has 0 aromatic carbocycles. The second-order valence-corrected chi connectivity index (χ2v) is 5.82. The summed E-state index contributed by atoms with van der Waals surface area (Å²) < 4.78 is 19.8. The summed E-state index contributed by atoms with van der Waals surface area (Å²) in [6.45, 7) is 8.00. The number of allylic oxidation sites excluding steroid dienone is 3. The van der Waals surface area contributed by atoms with Crippen LogP contribution < -0.4 is 5.32 Å². The van der Waals surface area contributed by atoms with Gasteiger partial charge in [0, 0.05) is 14.2 Å². The molecule has 0 radical (unpaired) electrons. The smallest absolute Gasteiger partial charge is 0.408 e. The van der Waals surface area contributed by atoms with Gasteiger partial charge in [0.05, 0.1) is 7.11 Å². The van der Waals surface area contributed by atoms with Crippen molar-refractivity contribution in [1.29, 1.82) is 0 Å². The highest BCUT2D eigenvalue weighted by Crippen LogP contribution is 2.41. The van der Waals surface area contributed by atoms with Crippen molar-refractivity contribution in [3.63, 3.8) is 0 Å². The molecule has 0 heterocycles. The van der Waals surface area contributed by atoms with Gasteiger partial charge in [-0.25, -0.2) is 9.59 Å². The Morgan fingerprint density at radius 3 is 2.17 bits per heavy atom. The van der Waals surface area contributed by atoms with E-state index in [9.17, 15) is 9.59 Å². The fourth-order valence-corrected chi connectivity index (χ4v) is 2.47. The molecule has 1 amide bonds. The van der Waals surface area contributed by atoms with Crippen LogP contribution in [0.3, 0.4) is 0 Å². The molecule has 0 aromatic rings. The number of hydrogen-bond donors (Lipinski definition) is 1. The van der Waals surface area contributed by atoms with Gasteiger partial charge in [-0.05, 0) is 18.9 Å². The summed E-state index contributed by atoms with van der Waals surface area (Å²) in [4.78, 5) is 23.5. The SMILES string of the molecule is C/C=C\C=C(/CC)COC(=O)NC(C(=O)OC)P(OC)OC.CC. The number of nitrogens with one attached hydrogen (secondary N) is 1. The number of ether oxygens (including phenoxy) is 2. The van der Waals surface area contributed by atoms with Crippen molar-refractivity contribution in [2.75, 3.05) is 27.9 Å². The van der Waals surface area contributed by atoms with Gasteiger partial charge in [-0.15, -0.1) is 0 Å². The number of amides is 1. The first kappa shape index (κ1) is 24.8. The fraction of sp³-hybridized carbons (Fsp3) is 0.625. The van der Waals surface area contributed by atoms with Crippen LogP contribution in [0, 0.1) is 0 Å². The van der Waals surface area contributed by atoms with Gasteiger partial charge in [-0.1, -0.05) is 39.0 Å². The van der Waals surface area contributed by atoms with E-state index in [1.807, 2.05) is 45.9 Å². The van der Waals surface area contributed by atoms with Gasteiger partial charge >= 0.3 is 12.1 Å². The zero-order valence-corrected chi connectivity index (χ0v) is 16.5. The minimum Gasteiger partial charge on any atom is -0.467 e. The van der Waals surface area contributed by atoms with Crippen molar-refractivity contribution >= 4 is 20.4 Å². The van der Waals surface area contributed by atoms with Crippen LogP contribution in [0.4, 0.5) is 4.79 Å². The molecule has 0 saturated heterocycles. The standard InChI is InChI=1S/C14H24NO6P.C2H6/c1-6-8-9-11(7-2)10-21-14(17)15-12(13(16)18-3)22(19-4)20-5;1-2/h6,8-9,12H,7,10H2,1-5H3,(H,15,17);1-2H3/b8-6-,11-9+;. The highest BCUT2D eigenvalue weighted by atomic mass is 31.2. The lowest BCUT2D eigenvalue weighted by atomic mass is 10.2. The summed E-state index contributed by atoms with van der Waals surface area (Å²) in [6, 6.07) is 0. The van der Waals surface area contributed by atoms with E-state index in [-0.39, 0.29) is 6.61 Å². The third kappa shape index (κ3) is 10.4. The molecule has 0 aliphatic heterocycles. The number of hydrogen-bond acceptors (Lipinski definition) is 6. The summed E-state index contributed by atoms with van der Waals surface area (Å²) in [5.74, 6) is -1.71. The van der Waals surface area contributed by atoms with Crippen molar-refractivity contribution in [3.05, 3.63) is 23.8 Å². The number of rotatable bonds is 9. The molecule has 8 heteroatoms. The summed E-state index contributed by atoms with van der Waals surface area (Å²) in [6.07, 6.45) is 5.64. The lowest BCUT2D eigenvalue weighted by Crippen LogP contribution is -2.41. The topological polar surface area (TPSA) is 83.1 Å². The quantitative estimate of drug-likeness (QED) is 0.382. The van der Waals surface area contributed by atoms with Gasteiger partial charge in [0.2, 0.25) is 8.38 Å². The van der Waals surface area contributed by atoms with E-state index in [0.717, 1.165) is 12.0 Å². The number of alkyl carbamates (subject to hydrolysis) is 1. The van der Waals surface area contributed by atoms with Crippen molar-refractivity contribution < 1.29 is 28.1 Å². The second-order valence-electron chi connectivity index (χ2n) is 4.00. The van der Waals surface area contributed by atoms with Crippen LogP contribution in [-0.4, -0.2) is 45.8 Å². The molecule has 140 valence electrons. The summed E-state index contributed by atoms with van der Waals surface area (Å²) >= 11 is 0. The van der Waals surface area contributed by atoms with Crippen LogP contribution in [0.2, 0.25) is 0 Å². The number of esters is 1. The lowest BCUT2D eigenvalue weighted by Gasteiger charge is -2.22. The first-order valence-electron chi connectivity index (χ1n) is 7.73. The van der Waals surface area contributed by atoms with Gasteiger partial charge in [-0.3, -0.25) is 0 Å². The largest absolute Gasteiger partial charge is 0.467 e. The second kappa shape index (κ2) is 16.4. The first-order chi connectivity index (χ1) is 11.5. The molecular formula is C16H30NO6P. The molecule has 0 rings (SSSR count). The Balaban J connectivity index is 0. The van der Waals surface area contributed by atoms with E-state index in [0.29, 0.717) is 0 Å².